The van der Waals surface area contributed by atoms with Gasteiger partial charge in [-0.25, -0.2) is 4.39 Å². The van der Waals surface area contributed by atoms with Crippen LogP contribution in [0.4, 0.5) is 10.1 Å². The molecule has 0 heterocycles. The summed E-state index contributed by atoms with van der Waals surface area (Å²) < 4.78 is 18.9. The van der Waals surface area contributed by atoms with Gasteiger partial charge in [0.25, 0.3) is 0 Å². The lowest BCUT2D eigenvalue weighted by Gasteiger charge is -2.13. The maximum Gasteiger partial charge on any atom is 0.221 e. The van der Waals surface area contributed by atoms with E-state index in [1.165, 1.54) is 13.0 Å². The number of nitrogens with one attached hydrogen (secondary N) is 2. The highest BCUT2D eigenvalue weighted by molar-refractivity contribution is 5.96. The molecular weight excluding hydrogens is 223 g/mol. The molecule has 17 heavy (non-hydrogen) atoms. The van der Waals surface area contributed by atoms with Gasteiger partial charge in [-0.3, -0.25) is 4.79 Å². The predicted molar refractivity (Wildman–Crippen MR) is 64.4 cm³/mol. The predicted octanol–water partition coefficient (Wildman–Crippen LogP) is 2.57. The van der Waals surface area contributed by atoms with Gasteiger partial charge >= 0.3 is 0 Å². The summed E-state index contributed by atoms with van der Waals surface area (Å²) in [5.41, 5.74) is 0.665. The summed E-state index contributed by atoms with van der Waals surface area (Å²) in [5, 5.41) is 9.68. The van der Waals surface area contributed by atoms with Crippen molar-refractivity contribution in [3.8, 4) is 5.75 Å². The van der Waals surface area contributed by atoms with Crippen LogP contribution < -0.4 is 10.1 Å². The second-order valence-corrected chi connectivity index (χ2v) is 3.86. The maximum absolute atomic E-state index is 13.6. The van der Waals surface area contributed by atoms with Crippen molar-refractivity contribution in [2.24, 2.45) is 0 Å². The first-order valence-electron chi connectivity index (χ1n) is 5.22. The van der Waals surface area contributed by atoms with Crippen LogP contribution >= 0.6 is 0 Å². The van der Waals surface area contributed by atoms with Crippen LogP contribution in [-0.4, -0.2) is 18.2 Å². The quantitative estimate of drug-likeness (QED) is 0.792. The number of carbonyl (C=O) groups is 1. The number of benzene rings is 1. The van der Waals surface area contributed by atoms with Gasteiger partial charge in [-0.2, -0.15) is 0 Å². The van der Waals surface area contributed by atoms with Crippen molar-refractivity contribution < 1.29 is 13.9 Å². The van der Waals surface area contributed by atoms with E-state index in [2.05, 4.69) is 5.32 Å². The lowest BCUT2D eigenvalue weighted by atomic mass is 10.1. The number of amides is 1. The Morgan fingerprint density at radius 2 is 2.18 bits per heavy atom. The topological polar surface area (TPSA) is 62.2 Å². The lowest BCUT2D eigenvalue weighted by molar-refractivity contribution is -0.114. The third-order valence-electron chi connectivity index (χ3n) is 1.93. The van der Waals surface area contributed by atoms with E-state index in [4.69, 9.17) is 10.1 Å². The minimum absolute atomic E-state index is 0.0765. The Morgan fingerprint density at radius 1 is 1.53 bits per heavy atom. The number of hydrogen-bond acceptors (Lipinski definition) is 3. The van der Waals surface area contributed by atoms with E-state index in [9.17, 15) is 9.18 Å². The molecule has 4 nitrogen and oxygen atoms in total. The Bertz CT molecular complexity index is 444. The minimum atomic E-state index is -0.562. The Kier molecular flexibility index (Phi) is 4.20. The highest BCUT2D eigenvalue weighted by Gasteiger charge is 2.11. The first kappa shape index (κ1) is 13.2. The van der Waals surface area contributed by atoms with Gasteiger partial charge in [-0.1, -0.05) is 0 Å². The Balaban J connectivity index is 3.14. The highest BCUT2D eigenvalue weighted by Crippen LogP contribution is 2.25. The molecule has 0 fully saturated rings. The fourth-order valence-electron chi connectivity index (χ4n) is 1.33. The van der Waals surface area contributed by atoms with Crippen LogP contribution in [0.25, 0.3) is 0 Å². The average molecular weight is 238 g/mol. The summed E-state index contributed by atoms with van der Waals surface area (Å²) in [6, 6.07) is 2.55. The Labute approximate surface area is 99.3 Å². The average Bonchev–Trinajstić information content (AvgIpc) is 2.20. The van der Waals surface area contributed by atoms with Crippen LogP contribution in [0.2, 0.25) is 0 Å². The van der Waals surface area contributed by atoms with Crippen LogP contribution in [0.3, 0.4) is 0 Å². The van der Waals surface area contributed by atoms with E-state index in [1.54, 1.807) is 13.8 Å². The number of carbonyl (C=O) groups excluding carboxylic acids is 1. The molecule has 92 valence electrons. The molecule has 1 rings (SSSR count). The summed E-state index contributed by atoms with van der Waals surface area (Å²) in [7, 11) is 0. The van der Waals surface area contributed by atoms with Gasteiger partial charge in [0, 0.05) is 24.8 Å². The molecule has 0 aromatic heterocycles. The molecule has 1 aromatic rings. The standard InChI is InChI=1S/C12H15FN2O2/c1-7(2)17-12-4-9(6-14)11(5-10(12)13)15-8(3)16/h4-7,14H,1-3H3,(H,15,16). The van der Waals surface area contributed by atoms with E-state index in [0.29, 0.717) is 5.56 Å². The smallest absolute Gasteiger partial charge is 0.221 e. The van der Waals surface area contributed by atoms with E-state index in [0.717, 1.165) is 12.3 Å². The molecule has 0 radical (unpaired) electrons. The fourth-order valence-corrected chi connectivity index (χ4v) is 1.33. The highest BCUT2D eigenvalue weighted by atomic mass is 19.1. The van der Waals surface area contributed by atoms with Gasteiger partial charge in [0.05, 0.1) is 11.8 Å². The molecule has 0 aliphatic rings. The summed E-state index contributed by atoms with van der Waals surface area (Å²) in [6.07, 6.45) is 0.882. The first-order chi connectivity index (χ1) is 7.93. The summed E-state index contributed by atoms with van der Waals surface area (Å²) in [6.45, 7) is 4.89. The van der Waals surface area contributed by atoms with Crippen LogP contribution in [0.15, 0.2) is 12.1 Å². The van der Waals surface area contributed by atoms with Gasteiger partial charge < -0.3 is 15.5 Å². The Hall–Kier alpha value is -1.91. The molecule has 1 amide bonds. The number of hydrogen-bond donors (Lipinski definition) is 2. The molecule has 0 saturated carbocycles. The van der Waals surface area contributed by atoms with Gasteiger partial charge in [-0.15, -0.1) is 0 Å². The van der Waals surface area contributed by atoms with Crippen LogP contribution in [0.1, 0.15) is 26.3 Å². The van der Waals surface area contributed by atoms with E-state index >= 15 is 0 Å². The molecule has 5 heteroatoms. The van der Waals surface area contributed by atoms with Gasteiger partial charge in [0.2, 0.25) is 5.91 Å². The van der Waals surface area contributed by atoms with Crippen molar-refractivity contribution in [3.05, 3.63) is 23.5 Å². The SMILES string of the molecule is CC(=O)Nc1cc(F)c(OC(C)C)cc1C=N. The van der Waals surface area contributed by atoms with Gasteiger partial charge in [0.1, 0.15) is 0 Å². The number of halogens is 1. The maximum atomic E-state index is 13.6. The molecule has 0 atom stereocenters. The van der Waals surface area contributed by atoms with Crippen molar-refractivity contribution >= 4 is 17.8 Å². The molecule has 0 bridgehead atoms. The van der Waals surface area contributed by atoms with Crippen molar-refractivity contribution in [1.29, 1.82) is 5.41 Å². The molecule has 0 aliphatic heterocycles. The van der Waals surface area contributed by atoms with Crippen LogP contribution in [0.5, 0.6) is 5.75 Å². The van der Waals surface area contributed by atoms with Crippen LogP contribution in [0, 0.1) is 11.2 Å². The van der Waals surface area contributed by atoms with Gasteiger partial charge in [0.15, 0.2) is 11.6 Å². The fraction of sp³-hybridized carbons (Fsp3) is 0.333. The minimum Gasteiger partial charge on any atom is -0.488 e. The molecule has 1 aromatic carbocycles. The zero-order valence-electron chi connectivity index (χ0n) is 10.0. The van der Waals surface area contributed by atoms with Crippen molar-refractivity contribution in [3.63, 3.8) is 0 Å². The molecule has 0 saturated heterocycles. The summed E-state index contributed by atoms with van der Waals surface area (Å²) in [4.78, 5) is 10.9. The number of ether oxygens (including phenoxy) is 1. The van der Waals surface area contributed by atoms with Crippen molar-refractivity contribution in [2.75, 3.05) is 5.32 Å². The normalized spacial score (nSPS) is 10.2. The molecule has 0 spiro atoms. The molecule has 2 N–H and O–H groups in total. The second-order valence-electron chi connectivity index (χ2n) is 3.86. The lowest BCUT2D eigenvalue weighted by Crippen LogP contribution is -2.11. The zero-order chi connectivity index (χ0) is 13.0. The van der Waals surface area contributed by atoms with Crippen molar-refractivity contribution in [1.82, 2.24) is 0 Å². The summed E-state index contributed by atoms with van der Waals surface area (Å²) in [5.74, 6) is -0.800. The number of rotatable bonds is 4. The zero-order valence-corrected chi connectivity index (χ0v) is 10.0. The molecular formula is C12H15FN2O2. The van der Waals surface area contributed by atoms with E-state index in [-0.39, 0.29) is 23.4 Å². The number of anilines is 1. The van der Waals surface area contributed by atoms with E-state index < -0.39 is 5.82 Å². The monoisotopic (exact) mass is 238 g/mol. The Morgan fingerprint density at radius 3 is 2.65 bits per heavy atom. The van der Waals surface area contributed by atoms with Gasteiger partial charge in [-0.05, 0) is 19.9 Å². The van der Waals surface area contributed by atoms with E-state index in [1.807, 2.05) is 0 Å². The third-order valence-corrected chi connectivity index (χ3v) is 1.93. The second kappa shape index (κ2) is 5.43. The molecule has 0 unspecified atom stereocenters. The molecule has 0 aliphatic carbocycles. The first-order valence-corrected chi connectivity index (χ1v) is 5.22. The largest absolute Gasteiger partial charge is 0.488 e. The summed E-state index contributed by atoms with van der Waals surface area (Å²) >= 11 is 0. The van der Waals surface area contributed by atoms with Crippen LogP contribution in [-0.2, 0) is 4.79 Å². The third kappa shape index (κ3) is 3.55. The van der Waals surface area contributed by atoms with Crippen molar-refractivity contribution in [2.45, 2.75) is 26.9 Å².